The van der Waals surface area contributed by atoms with E-state index in [4.69, 9.17) is 0 Å². The van der Waals surface area contributed by atoms with Crippen molar-refractivity contribution in [2.75, 3.05) is 19.6 Å². The quantitative estimate of drug-likeness (QED) is 0.915. The molecule has 1 aliphatic rings. The first-order valence-electron chi connectivity index (χ1n) is 8.57. The average Bonchev–Trinajstić information content (AvgIpc) is 3.11. The fourth-order valence-electron chi connectivity index (χ4n) is 3.05. The van der Waals surface area contributed by atoms with Crippen LogP contribution in [0.25, 0.3) is 5.69 Å². The number of rotatable bonds is 5. The Kier molecular flexibility index (Phi) is 4.94. The van der Waals surface area contributed by atoms with Gasteiger partial charge in [0.2, 0.25) is 0 Å². The fraction of sp³-hybridized carbons (Fsp3) is 0.500. The predicted octanol–water partition coefficient (Wildman–Crippen LogP) is 2.26. The van der Waals surface area contributed by atoms with E-state index in [9.17, 15) is 4.79 Å². The molecule has 1 saturated heterocycles. The van der Waals surface area contributed by atoms with E-state index in [1.165, 1.54) is 30.3 Å². The Morgan fingerprint density at radius 3 is 2.58 bits per heavy atom. The van der Waals surface area contributed by atoms with Crippen LogP contribution in [0.2, 0.25) is 0 Å². The van der Waals surface area contributed by atoms with Crippen molar-refractivity contribution in [3.05, 3.63) is 42.2 Å². The molecule has 0 bridgehead atoms. The second-order valence-electron chi connectivity index (χ2n) is 6.90. The molecule has 24 heavy (non-hydrogen) atoms. The van der Waals surface area contributed by atoms with Crippen molar-refractivity contribution in [3.63, 3.8) is 0 Å². The summed E-state index contributed by atoms with van der Waals surface area (Å²) in [5, 5.41) is 11.5. The third kappa shape index (κ3) is 3.82. The van der Waals surface area contributed by atoms with Crippen molar-refractivity contribution in [2.24, 2.45) is 0 Å². The summed E-state index contributed by atoms with van der Waals surface area (Å²) in [6, 6.07) is 9.57. The van der Waals surface area contributed by atoms with Gasteiger partial charge in [0.15, 0.2) is 5.69 Å². The molecule has 128 valence electrons. The number of piperidine rings is 1. The molecule has 1 fully saturated rings. The van der Waals surface area contributed by atoms with Gasteiger partial charge in [0, 0.05) is 12.1 Å². The summed E-state index contributed by atoms with van der Waals surface area (Å²) in [5.74, 6) is -0.178. The number of nitrogens with zero attached hydrogens (tertiary/aromatic N) is 4. The molecule has 1 aliphatic heterocycles. The molecule has 1 aromatic heterocycles. The van der Waals surface area contributed by atoms with Crippen molar-refractivity contribution >= 4 is 5.91 Å². The lowest BCUT2D eigenvalue weighted by molar-refractivity contribution is 0.0794. The van der Waals surface area contributed by atoms with Gasteiger partial charge in [-0.15, -0.1) is 5.10 Å². The second-order valence-corrected chi connectivity index (χ2v) is 6.90. The Bertz CT molecular complexity index is 674. The summed E-state index contributed by atoms with van der Waals surface area (Å²) < 4.78 is 0. The first-order chi connectivity index (χ1) is 11.6. The normalized spacial score (nSPS) is 16.1. The smallest absolute Gasteiger partial charge is 0.273 e. The molecule has 3 rings (SSSR count). The topological polar surface area (TPSA) is 63.1 Å². The van der Waals surface area contributed by atoms with Gasteiger partial charge in [-0.1, -0.05) is 24.6 Å². The van der Waals surface area contributed by atoms with Crippen LogP contribution in [0, 0.1) is 0 Å². The minimum absolute atomic E-state index is 0.0501. The van der Waals surface area contributed by atoms with Gasteiger partial charge in [-0.25, -0.2) is 0 Å². The van der Waals surface area contributed by atoms with Crippen molar-refractivity contribution in [1.82, 2.24) is 25.2 Å². The van der Waals surface area contributed by atoms with Crippen LogP contribution in [0.3, 0.4) is 0 Å². The minimum atomic E-state index is -0.178. The summed E-state index contributed by atoms with van der Waals surface area (Å²) in [5.41, 5.74) is 1.13. The molecule has 0 aliphatic carbocycles. The third-order valence-electron chi connectivity index (χ3n) is 4.61. The molecule has 1 amide bonds. The number of carbonyl (C=O) groups is 1. The van der Waals surface area contributed by atoms with E-state index in [0.29, 0.717) is 12.2 Å². The van der Waals surface area contributed by atoms with Crippen LogP contribution in [-0.4, -0.2) is 51.0 Å². The molecule has 6 heteroatoms. The van der Waals surface area contributed by atoms with Crippen LogP contribution in [0.15, 0.2) is 36.5 Å². The highest BCUT2D eigenvalue weighted by Gasteiger charge is 2.28. The molecule has 6 nitrogen and oxygen atoms in total. The van der Waals surface area contributed by atoms with Crippen molar-refractivity contribution in [1.29, 1.82) is 0 Å². The molecular formula is C18H25N5O. The fourth-order valence-corrected chi connectivity index (χ4v) is 3.05. The maximum absolute atomic E-state index is 12.4. The summed E-state index contributed by atoms with van der Waals surface area (Å²) in [7, 11) is 0. The van der Waals surface area contributed by atoms with Crippen LogP contribution in [0.1, 0.15) is 43.6 Å². The Hall–Kier alpha value is -2.21. The molecule has 2 heterocycles. The first-order valence-corrected chi connectivity index (χ1v) is 8.57. The van der Waals surface area contributed by atoms with E-state index >= 15 is 0 Å². The zero-order valence-corrected chi connectivity index (χ0v) is 14.4. The Morgan fingerprint density at radius 1 is 1.17 bits per heavy atom. The van der Waals surface area contributed by atoms with E-state index in [2.05, 4.69) is 34.3 Å². The molecule has 0 atom stereocenters. The number of hydrogen-bond acceptors (Lipinski definition) is 4. The van der Waals surface area contributed by atoms with Crippen LogP contribution >= 0.6 is 0 Å². The van der Waals surface area contributed by atoms with Gasteiger partial charge in [-0.2, -0.15) is 9.90 Å². The number of aromatic nitrogens is 3. The van der Waals surface area contributed by atoms with Crippen molar-refractivity contribution in [3.8, 4) is 5.69 Å². The van der Waals surface area contributed by atoms with Crippen LogP contribution in [0.4, 0.5) is 0 Å². The van der Waals surface area contributed by atoms with E-state index in [-0.39, 0.29) is 11.4 Å². The minimum Gasteiger partial charge on any atom is -0.349 e. The maximum Gasteiger partial charge on any atom is 0.273 e. The molecule has 0 spiro atoms. The maximum atomic E-state index is 12.4. The highest BCUT2D eigenvalue weighted by atomic mass is 16.2. The van der Waals surface area contributed by atoms with Gasteiger partial charge < -0.3 is 5.32 Å². The molecule has 0 unspecified atom stereocenters. The summed E-state index contributed by atoms with van der Waals surface area (Å²) in [4.78, 5) is 16.3. The highest BCUT2D eigenvalue weighted by molar-refractivity contribution is 5.91. The van der Waals surface area contributed by atoms with Crippen molar-refractivity contribution < 1.29 is 4.79 Å². The van der Waals surface area contributed by atoms with E-state index in [1.807, 2.05) is 30.3 Å². The highest BCUT2D eigenvalue weighted by Crippen LogP contribution is 2.19. The largest absolute Gasteiger partial charge is 0.349 e. The van der Waals surface area contributed by atoms with Gasteiger partial charge in [0.05, 0.1) is 11.9 Å². The van der Waals surface area contributed by atoms with E-state index in [0.717, 1.165) is 18.8 Å². The molecule has 0 radical (unpaired) electrons. The lowest BCUT2D eigenvalue weighted by atomic mass is 9.98. The zero-order chi connectivity index (χ0) is 17.0. The Labute approximate surface area is 142 Å². The number of benzene rings is 1. The Balaban J connectivity index is 1.60. The van der Waals surface area contributed by atoms with Crippen LogP contribution in [0.5, 0.6) is 0 Å². The van der Waals surface area contributed by atoms with Gasteiger partial charge in [-0.3, -0.25) is 9.69 Å². The molecule has 2 aromatic rings. The van der Waals surface area contributed by atoms with Gasteiger partial charge in [0.25, 0.3) is 5.91 Å². The standard InChI is InChI=1S/C18H25N5O/c1-18(2,22-11-7-4-8-12-22)14-19-17(24)16-13-20-23(21-16)15-9-5-3-6-10-15/h3,5-6,9-10,13H,4,7-8,11-12,14H2,1-2H3,(H,19,24). The van der Waals surface area contributed by atoms with Gasteiger partial charge in [-0.05, 0) is 51.9 Å². The van der Waals surface area contributed by atoms with E-state index in [1.54, 1.807) is 0 Å². The lowest BCUT2D eigenvalue weighted by Gasteiger charge is -2.41. The number of amides is 1. The summed E-state index contributed by atoms with van der Waals surface area (Å²) >= 11 is 0. The van der Waals surface area contributed by atoms with Crippen LogP contribution < -0.4 is 5.32 Å². The monoisotopic (exact) mass is 327 g/mol. The zero-order valence-electron chi connectivity index (χ0n) is 14.4. The predicted molar refractivity (Wildman–Crippen MR) is 93.2 cm³/mol. The number of para-hydroxylation sites is 1. The Morgan fingerprint density at radius 2 is 1.88 bits per heavy atom. The summed E-state index contributed by atoms with van der Waals surface area (Å²) in [6.45, 7) is 7.17. The number of hydrogen-bond donors (Lipinski definition) is 1. The molecular weight excluding hydrogens is 302 g/mol. The third-order valence-corrected chi connectivity index (χ3v) is 4.61. The molecule has 1 aromatic carbocycles. The number of likely N-dealkylation sites (tertiary alicyclic amines) is 1. The SMILES string of the molecule is CC(C)(CNC(=O)c1cnn(-c2ccccc2)n1)N1CCCCC1. The second kappa shape index (κ2) is 7.13. The van der Waals surface area contributed by atoms with Gasteiger partial charge in [0.1, 0.15) is 0 Å². The van der Waals surface area contributed by atoms with Crippen LogP contribution in [-0.2, 0) is 0 Å². The summed E-state index contributed by atoms with van der Waals surface area (Å²) in [6.07, 6.45) is 5.29. The lowest BCUT2D eigenvalue weighted by Crippen LogP contribution is -2.53. The first kappa shape index (κ1) is 16.6. The average molecular weight is 327 g/mol. The van der Waals surface area contributed by atoms with Gasteiger partial charge >= 0.3 is 0 Å². The number of carbonyl (C=O) groups excluding carboxylic acids is 1. The van der Waals surface area contributed by atoms with Crippen molar-refractivity contribution in [2.45, 2.75) is 38.6 Å². The van der Waals surface area contributed by atoms with E-state index < -0.39 is 0 Å². The molecule has 0 saturated carbocycles. The molecule has 1 N–H and O–H groups in total. The number of nitrogens with one attached hydrogen (secondary N) is 1.